The number of nitrogens with zero attached hydrogens (tertiary/aromatic N) is 2. The third-order valence-electron chi connectivity index (χ3n) is 4.14. The van der Waals surface area contributed by atoms with Gasteiger partial charge in [0.25, 0.3) is 0 Å². The van der Waals surface area contributed by atoms with Crippen molar-refractivity contribution in [2.24, 2.45) is 5.41 Å². The van der Waals surface area contributed by atoms with Crippen molar-refractivity contribution < 1.29 is 14.3 Å². The van der Waals surface area contributed by atoms with Gasteiger partial charge in [-0.2, -0.15) is 0 Å². The van der Waals surface area contributed by atoms with Crippen molar-refractivity contribution in [1.29, 1.82) is 0 Å². The molecule has 24 heavy (non-hydrogen) atoms. The number of ether oxygens (including phenoxy) is 1. The number of benzene rings is 1. The maximum atomic E-state index is 12.3. The zero-order chi connectivity index (χ0) is 17.7. The molecule has 1 aliphatic rings. The molecular formula is C18H27N3O3. The van der Waals surface area contributed by atoms with Crippen LogP contribution in [0.15, 0.2) is 24.3 Å². The average Bonchev–Trinajstić information content (AvgIpc) is 2.58. The quantitative estimate of drug-likeness (QED) is 0.907. The molecule has 0 aromatic heterocycles. The van der Waals surface area contributed by atoms with Crippen LogP contribution in [0.4, 0.5) is 5.69 Å². The lowest BCUT2D eigenvalue weighted by molar-refractivity contribution is -0.135. The maximum absolute atomic E-state index is 12.3. The van der Waals surface area contributed by atoms with E-state index in [2.05, 4.69) is 10.2 Å². The summed E-state index contributed by atoms with van der Waals surface area (Å²) in [6, 6.07) is 7.90. The Kier molecular flexibility index (Phi) is 5.70. The Morgan fingerprint density at radius 2 is 1.75 bits per heavy atom. The van der Waals surface area contributed by atoms with Crippen LogP contribution in [-0.4, -0.2) is 56.5 Å². The molecule has 0 saturated carbocycles. The lowest BCUT2D eigenvalue weighted by Crippen LogP contribution is -2.52. The summed E-state index contributed by atoms with van der Waals surface area (Å²) < 4.78 is 5.40. The van der Waals surface area contributed by atoms with Gasteiger partial charge in [0.05, 0.1) is 19.3 Å². The van der Waals surface area contributed by atoms with Crippen molar-refractivity contribution in [3.05, 3.63) is 24.3 Å². The predicted molar refractivity (Wildman–Crippen MR) is 94.3 cm³/mol. The minimum atomic E-state index is -0.483. The number of para-hydroxylation sites is 2. The van der Waals surface area contributed by atoms with Crippen molar-refractivity contribution in [2.75, 3.05) is 44.7 Å². The van der Waals surface area contributed by atoms with Crippen molar-refractivity contribution in [3.8, 4) is 5.75 Å². The number of hydrogen-bond donors (Lipinski definition) is 1. The molecule has 0 aliphatic carbocycles. The Hall–Kier alpha value is -2.24. The van der Waals surface area contributed by atoms with Crippen molar-refractivity contribution in [1.82, 2.24) is 10.2 Å². The molecule has 1 aliphatic heterocycles. The number of nitrogens with one attached hydrogen (secondary N) is 1. The van der Waals surface area contributed by atoms with Crippen molar-refractivity contribution in [2.45, 2.75) is 20.8 Å². The second kappa shape index (κ2) is 7.55. The van der Waals surface area contributed by atoms with Crippen LogP contribution in [0.5, 0.6) is 5.75 Å². The van der Waals surface area contributed by atoms with Crippen LogP contribution in [0, 0.1) is 5.41 Å². The van der Waals surface area contributed by atoms with E-state index in [1.807, 2.05) is 45.0 Å². The van der Waals surface area contributed by atoms with Gasteiger partial charge in [-0.25, -0.2) is 0 Å². The van der Waals surface area contributed by atoms with E-state index in [4.69, 9.17) is 4.74 Å². The molecule has 1 heterocycles. The summed E-state index contributed by atoms with van der Waals surface area (Å²) in [5, 5.41) is 2.72. The summed E-state index contributed by atoms with van der Waals surface area (Å²) in [4.78, 5) is 28.1. The fraction of sp³-hybridized carbons (Fsp3) is 0.556. The van der Waals surface area contributed by atoms with E-state index in [-0.39, 0.29) is 18.4 Å². The summed E-state index contributed by atoms with van der Waals surface area (Å²) >= 11 is 0. The zero-order valence-electron chi connectivity index (χ0n) is 15.0. The Balaban J connectivity index is 1.86. The molecule has 6 heteroatoms. The molecule has 1 N–H and O–H groups in total. The maximum Gasteiger partial charge on any atom is 0.242 e. The second-order valence-corrected chi connectivity index (χ2v) is 6.97. The van der Waals surface area contributed by atoms with E-state index in [9.17, 15) is 9.59 Å². The van der Waals surface area contributed by atoms with Gasteiger partial charge in [0.2, 0.25) is 11.8 Å². The standard InChI is InChI=1S/C18H27N3O3/c1-18(2,3)17(23)19-13-16(22)21-11-9-20(10-12-21)14-7-5-6-8-15(14)24-4/h5-8H,9-13H2,1-4H3,(H,19,23). The molecule has 0 bridgehead atoms. The summed E-state index contributed by atoms with van der Waals surface area (Å²) in [6.07, 6.45) is 0. The first-order valence-corrected chi connectivity index (χ1v) is 8.27. The Morgan fingerprint density at radius 1 is 1.12 bits per heavy atom. The highest BCUT2D eigenvalue weighted by Gasteiger charge is 2.25. The fourth-order valence-electron chi connectivity index (χ4n) is 2.62. The number of methoxy groups -OCH3 is 1. The van der Waals surface area contributed by atoms with Gasteiger partial charge in [0, 0.05) is 31.6 Å². The molecule has 1 aromatic carbocycles. The number of piperazine rings is 1. The molecule has 0 unspecified atom stereocenters. The number of hydrogen-bond acceptors (Lipinski definition) is 4. The third kappa shape index (κ3) is 4.40. The monoisotopic (exact) mass is 333 g/mol. The van der Waals surface area contributed by atoms with E-state index >= 15 is 0 Å². The van der Waals surface area contributed by atoms with Gasteiger partial charge in [-0.15, -0.1) is 0 Å². The average molecular weight is 333 g/mol. The summed E-state index contributed by atoms with van der Waals surface area (Å²) in [5.74, 6) is 0.700. The normalized spacial score (nSPS) is 15.2. The first kappa shape index (κ1) is 18.1. The smallest absolute Gasteiger partial charge is 0.242 e. The van der Waals surface area contributed by atoms with Gasteiger partial charge < -0.3 is 19.9 Å². The summed E-state index contributed by atoms with van der Waals surface area (Å²) in [7, 11) is 1.66. The van der Waals surface area contributed by atoms with E-state index < -0.39 is 5.41 Å². The highest BCUT2D eigenvalue weighted by atomic mass is 16.5. The van der Waals surface area contributed by atoms with Gasteiger partial charge in [-0.3, -0.25) is 9.59 Å². The molecule has 2 amide bonds. The highest BCUT2D eigenvalue weighted by molar-refractivity contribution is 5.87. The SMILES string of the molecule is COc1ccccc1N1CCN(C(=O)CNC(=O)C(C)(C)C)CC1. The number of anilines is 1. The fourth-order valence-corrected chi connectivity index (χ4v) is 2.62. The molecule has 6 nitrogen and oxygen atoms in total. The summed E-state index contributed by atoms with van der Waals surface area (Å²) in [6.45, 7) is 8.34. The largest absolute Gasteiger partial charge is 0.495 e. The van der Waals surface area contributed by atoms with Gasteiger partial charge in [0.1, 0.15) is 5.75 Å². The van der Waals surface area contributed by atoms with Crippen LogP contribution in [0.25, 0.3) is 0 Å². The lowest BCUT2D eigenvalue weighted by Gasteiger charge is -2.36. The zero-order valence-corrected chi connectivity index (χ0v) is 15.0. The molecule has 2 rings (SSSR count). The van der Waals surface area contributed by atoms with Crippen LogP contribution in [-0.2, 0) is 9.59 Å². The molecule has 132 valence electrons. The van der Waals surface area contributed by atoms with E-state index in [0.29, 0.717) is 13.1 Å². The van der Waals surface area contributed by atoms with Gasteiger partial charge in [0.15, 0.2) is 0 Å². The Bertz CT molecular complexity index is 587. The van der Waals surface area contributed by atoms with Crippen LogP contribution < -0.4 is 15.0 Å². The van der Waals surface area contributed by atoms with E-state index in [0.717, 1.165) is 24.5 Å². The van der Waals surface area contributed by atoms with E-state index in [1.54, 1.807) is 12.0 Å². The Morgan fingerprint density at radius 3 is 2.33 bits per heavy atom. The third-order valence-corrected chi connectivity index (χ3v) is 4.14. The molecular weight excluding hydrogens is 306 g/mol. The second-order valence-electron chi connectivity index (χ2n) is 6.97. The highest BCUT2D eigenvalue weighted by Crippen LogP contribution is 2.28. The Labute approximate surface area is 143 Å². The minimum Gasteiger partial charge on any atom is -0.495 e. The summed E-state index contributed by atoms with van der Waals surface area (Å²) in [5.41, 5.74) is 0.566. The van der Waals surface area contributed by atoms with Crippen LogP contribution in [0.1, 0.15) is 20.8 Å². The molecule has 0 atom stereocenters. The predicted octanol–water partition coefficient (Wildman–Crippen LogP) is 1.51. The lowest BCUT2D eigenvalue weighted by atomic mass is 9.96. The van der Waals surface area contributed by atoms with Crippen LogP contribution >= 0.6 is 0 Å². The molecule has 1 fully saturated rings. The van der Waals surface area contributed by atoms with Gasteiger partial charge >= 0.3 is 0 Å². The number of amides is 2. The van der Waals surface area contributed by atoms with Gasteiger partial charge in [-0.1, -0.05) is 32.9 Å². The molecule has 1 aromatic rings. The minimum absolute atomic E-state index is 0.0349. The van der Waals surface area contributed by atoms with Crippen molar-refractivity contribution in [3.63, 3.8) is 0 Å². The van der Waals surface area contributed by atoms with Crippen molar-refractivity contribution >= 4 is 17.5 Å². The number of carbonyl (C=O) groups excluding carboxylic acids is 2. The van der Waals surface area contributed by atoms with Crippen LogP contribution in [0.3, 0.4) is 0 Å². The molecule has 0 radical (unpaired) electrons. The topological polar surface area (TPSA) is 61.9 Å². The van der Waals surface area contributed by atoms with E-state index in [1.165, 1.54) is 0 Å². The number of rotatable bonds is 4. The number of carbonyl (C=O) groups is 2. The van der Waals surface area contributed by atoms with Gasteiger partial charge in [-0.05, 0) is 12.1 Å². The molecule has 0 spiro atoms. The molecule has 1 saturated heterocycles. The first-order valence-electron chi connectivity index (χ1n) is 8.27. The first-order chi connectivity index (χ1) is 11.3. The van der Waals surface area contributed by atoms with Crippen LogP contribution in [0.2, 0.25) is 0 Å².